The number of ether oxygens (including phenoxy) is 1. The predicted octanol–water partition coefficient (Wildman–Crippen LogP) is 2.46. The maximum absolute atomic E-state index is 6.00. The average molecular weight is 238 g/mol. The molecule has 16 heavy (non-hydrogen) atoms. The van der Waals surface area contributed by atoms with Gasteiger partial charge in [-0.2, -0.15) is 0 Å². The van der Waals surface area contributed by atoms with E-state index in [1.807, 2.05) is 6.20 Å². The molecule has 88 valence electrons. The molecular weight excluding hydrogens is 220 g/mol. The summed E-state index contributed by atoms with van der Waals surface area (Å²) in [4.78, 5) is 8.16. The van der Waals surface area contributed by atoms with Crippen LogP contribution in [0.5, 0.6) is 0 Å². The predicted molar refractivity (Wildman–Crippen MR) is 66.1 cm³/mol. The van der Waals surface area contributed by atoms with Gasteiger partial charge in [0.15, 0.2) is 5.13 Å². The van der Waals surface area contributed by atoms with Crippen LogP contribution in [0.15, 0.2) is 6.20 Å². The van der Waals surface area contributed by atoms with Gasteiger partial charge in [0.25, 0.3) is 0 Å². The van der Waals surface area contributed by atoms with Gasteiger partial charge in [-0.1, -0.05) is 0 Å². The van der Waals surface area contributed by atoms with Crippen LogP contribution in [0.3, 0.4) is 0 Å². The van der Waals surface area contributed by atoms with Crippen molar-refractivity contribution in [3.05, 3.63) is 11.1 Å². The fourth-order valence-corrected chi connectivity index (χ4v) is 3.14. The van der Waals surface area contributed by atoms with E-state index >= 15 is 0 Å². The highest BCUT2D eigenvalue weighted by Crippen LogP contribution is 2.37. The van der Waals surface area contributed by atoms with E-state index in [0.717, 1.165) is 19.0 Å². The van der Waals surface area contributed by atoms with Crippen LogP contribution >= 0.6 is 11.3 Å². The van der Waals surface area contributed by atoms with Crippen molar-refractivity contribution in [2.45, 2.75) is 38.9 Å². The van der Waals surface area contributed by atoms with Crippen LogP contribution in [0.2, 0.25) is 0 Å². The third kappa shape index (κ3) is 2.09. The number of anilines is 1. The highest BCUT2D eigenvalue weighted by Gasteiger charge is 2.37. The van der Waals surface area contributed by atoms with Gasteiger partial charge in [0.05, 0.1) is 12.2 Å². The van der Waals surface area contributed by atoms with Gasteiger partial charge in [0, 0.05) is 24.2 Å². The summed E-state index contributed by atoms with van der Waals surface area (Å²) in [6.45, 7) is 6.30. The molecular formula is C12H18N2OS. The first-order chi connectivity index (χ1) is 7.72. The van der Waals surface area contributed by atoms with Crippen LogP contribution < -0.4 is 4.90 Å². The molecule has 3 nitrogen and oxygen atoms in total. The zero-order valence-electron chi connectivity index (χ0n) is 9.85. The van der Waals surface area contributed by atoms with Gasteiger partial charge in [-0.15, -0.1) is 11.3 Å². The van der Waals surface area contributed by atoms with Gasteiger partial charge in [-0.05, 0) is 32.6 Å². The summed E-state index contributed by atoms with van der Waals surface area (Å²) in [7, 11) is 0. The van der Waals surface area contributed by atoms with Crippen LogP contribution in [0.4, 0.5) is 5.13 Å². The molecule has 1 saturated carbocycles. The molecule has 0 N–H and O–H groups in total. The highest BCUT2D eigenvalue weighted by atomic mass is 32.1. The normalized spacial score (nSPS) is 30.8. The van der Waals surface area contributed by atoms with Gasteiger partial charge in [0.1, 0.15) is 0 Å². The molecule has 1 aromatic heterocycles. The average Bonchev–Trinajstić information content (AvgIpc) is 3.01. The van der Waals surface area contributed by atoms with Crippen molar-refractivity contribution >= 4 is 16.5 Å². The van der Waals surface area contributed by atoms with Gasteiger partial charge in [-0.25, -0.2) is 4.98 Å². The number of morpholine rings is 1. The number of nitrogens with zero attached hydrogens (tertiary/aromatic N) is 2. The minimum absolute atomic E-state index is 0.337. The molecule has 2 aliphatic rings. The molecule has 2 atom stereocenters. The van der Waals surface area contributed by atoms with Crippen molar-refractivity contribution < 1.29 is 4.74 Å². The Kier molecular flexibility index (Phi) is 2.64. The van der Waals surface area contributed by atoms with Crippen molar-refractivity contribution in [1.29, 1.82) is 0 Å². The fraction of sp³-hybridized carbons (Fsp3) is 0.750. The molecule has 2 fully saturated rings. The number of aryl methyl sites for hydroxylation is 1. The summed E-state index contributed by atoms with van der Waals surface area (Å²) in [5, 5.41) is 1.17. The monoisotopic (exact) mass is 238 g/mol. The smallest absolute Gasteiger partial charge is 0.185 e. The van der Waals surface area contributed by atoms with Gasteiger partial charge < -0.3 is 9.64 Å². The van der Waals surface area contributed by atoms with E-state index in [0.29, 0.717) is 12.2 Å². The molecule has 1 aromatic rings. The molecule has 0 bridgehead atoms. The number of thiazole rings is 1. The lowest BCUT2D eigenvalue weighted by Gasteiger charge is -2.36. The number of rotatable bonds is 2. The second-order valence-corrected chi connectivity index (χ2v) is 6.19. The Morgan fingerprint density at radius 3 is 2.88 bits per heavy atom. The molecule has 0 amide bonds. The van der Waals surface area contributed by atoms with Crippen molar-refractivity contribution in [2.75, 3.05) is 18.0 Å². The van der Waals surface area contributed by atoms with E-state index in [1.54, 1.807) is 11.3 Å². The Bertz CT molecular complexity index is 375. The third-order valence-electron chi connectivity index (χ3n) is 3.31. The van der Waals surface area contributed by atoms with Crippen LogP contribution in [0.25, 0.3) is 0 Å². The lowest BCUT2D eigenvalue weighted by Crippen LogP contribution is -2.47. The summed E-state index contributed by atoms with van der Waals surface area (Å²) in [6.07, 6.45) is 5.44. The van der Waals surface area contributed by atoms with Crippen LogP contribution in [-0.2, 0) is 4.74 Å². The highest BCUT2D eigenvalue weighted by molar-refractivity contribution is 7.15. The molecule has 1 aliphatic heterocycles. The zero-order chi connectivity index (χ0) is 11.1. The Labute approximate surface area is 100 Å². The fourth-order valence-electron chi connectivity index (χ4n) is 2.36. The molecule has 0 radical (unpaired) electrons. The molecule has 1 aliphatic carbocycles. The first kappa shape index (κ1) is 10.5. The number of hydrogen-bond donors (Lipinski definition) is 0. The van der Waals surface area contributed by atoms with Crippen LogP contribution in [0, 0.1) is 12.8 Å². The summed E-state index contributed by atoms with van der Waals surface area (Å²) in [5.41, 5.74) is 0. The molecule has 3 rings (SSSR count). The largest absolute Gasteiger partial charge is 0.371 e. The maximum Gasteiger partial charge on any atom is 0.185 e. The number of hydrogen-bond acceptors (Lipinski definition) is 4. The van der Waals surface area contributed by atoms with E-state index in [-0.39, 0.29) is 0 Å². The van der Waals surface area contributed by atoms with Gasteiger partial charge in [0.2, 0.25) is 0 Å². The lowest BCUT2D eigenvalue weighted by molar-refractivity contribution is -0.0271. The Hall–Kier alpha value is -0.610. The van der Waals surface area contributed by atoms with E-state index in [9.17, 15) is 0 Å². The molecule has 1 saturated heterocycles. The molecule has 0 aromatic carbocycles. The SMILES string of the molecule is Cc1cnc(N2C[C@@H](C)O[C@@H](C3CC3)C2)s1. The van der Waals surface area contributed by atoms with E-state index in [4.69, 9.17) is 4.74 Å². The lowest BCUT2D eigenvalue weighted by atomic mass is 10.1. The standard InChI is InChI=1S/C12H18N2OS/c1-8-6-14(12-13-5-9(2)16-12)7-11(15-8)10-3-4-10/h5,8,10-11H,3-4,6-7H2,1-2H3/t8-,11-/m1/s1. The molecule has 4 heteroatoms. The molecule has 0 unspecified atom stereocenters. The first-order valence-corrected chi connectivity index (χ1v) is 6.87. The van der Waals surface area contributed by atoms with Crippen molar-refractivity contribution in [1.82, 2.24) is 4.98 Å². The Morgan fingerprint density at radius 2 is 2.25 bits per heavy atom. The summed E-state index contributed by atoms with van der Waals surface area (Å²) >= 11 is 1.79. The van der Waals surface area contributed by atoms with Crippen molar-refractivity contribution in [3.63, 3.8) is 0 Å². The van der Waals surface area contributed by atoms with Crippen molar-refractivity contribution in [3.8, 4) is 0 Å². The van der Waals surface area contributed by atoms with E-state index in [2.05, 4.69) is 23.7 Å². The molecule has 2 heterocycles. The number of aromatic nitrogens is 1. The van der Waals surface area contributed by atoms with Crippen molar-refractivity contribution in [2.24, 2.45) is 5.92 Å². The molecule has 0 spiro atoms. The first-order valence-electron chi connectivity index (χ1n) is 6.05. The second kappa shape index (κ2) is 4.00. The summed E-state index contributed by atoms with van der Waals surface area (Å²) in [5.74, 6) is 0.811. The maximum atomic E-state index is 6.00. The quantitative estimate of drug-likeness (QED) is 0.791. The minimum atomic E-state index is 0.337. The minimum Gasteiger partial charge on any atom is -0.371 e. The van der Waals surface area contributed by atoms with Crippen LogP contribution in [-0.4, -0.2) is 30.3 Å². The van der Waals surface area contributed by atoms with Gasteiger partial charge in [-0.3, -0.25) is 0 Å². The summed E-state index contributed by atoms with van der Waals surface area (Å²) in [6, 6.07) is 0. The zero-order valence-corrected chi connectivity index (χ0v) is 10.7. The van der Waals surface area contributed by atoms with Crippen LogP contribution in [0.1, 0.15) is 24.6 Å². The van der Waals surface area contributed by atoms with E-state index in [1.165, 1.54) is 22.9 Å². The van der Waals surface area contributed by atoms with Gasteiger partial charge >= 0.3 is 0 Å². The second-order valence-electron chi connectivity index (χ2n) is 4.98. The Morgan fingerprint density at radius 1 is 1.44 bits per heavy atom. The van der Waals surface area contributed by atoms with E-state index < -0.39 is 0 Å². The topological polar surface area (TPSA) is 25.4 Å². The Balaban J connectivity index is 1.74. The summed E-state index contributed by atoms with van der Waals surface area (Å²) < 4.78 is 6.00. The third-order valence-corrected chi connectivity index (χ3v) is 4.29.